The third-order valence-electron chi connectivity index (χ3n) is 21.2. The Morgan fingerprint density at radius 3 is 0.746 bits per heavy atom. The summed E-state index contributed by atoms with van der Waals surface area (Å²) in [5, 5.41) is 0. The van der Waals surface area contributed by atoms with E-state index in [0.29, 0.717) is 66.4 Å². The molecule has 0 radical (unpaired) electrons. The van der Waals surface area contributed by atoms with Gasteiger partial charge in [-0.05, 0) is 261 Å². The summed E-state index contributed by atoms with van der Waals surface area (Å²) in [5.41, 5.74) is 10.9. The molecule has 21 rings (SSSR count). The number of aryl methyl sites for hydroxylation is 12. The van der Waals surface area contributed by atoms with Crippen LogP contribution >= 0.6 is 0 Å². The van der Waals surface area contributed by atoms with Gasteiger partial charge in [-0.3, -0.25) is 0 Å². The van der Waals surface area contributed by atoms with Gasteiger partial charge in [0, 0.05) is 35.4 Å². The summed E-state index contributed by atoms with van der Waals surface area (Å²) in [5.74, 6) is -13.2. The Kier molecular flexibility index (Phi) is 24.4. The molecule has 0 aliphatic rings. The SMILES string of the molecule is Cc1c(F)cc2nc3c(F)c(C)c(F)cc3nc2c1F.Cc1cc(F)c2nc3c(F)c(C)cc(F)c3nc2c1F.Cc1cc(F)c2nc3cc(C)cc(F)c3nc2c1.Cc1cc2nc3c(F)c(F)c(C)cc3nc2c(F)c1F.Cc1cc2nc3cc(F)c(C)cc3nc2cc1F.Cc1ccc2nc3c(F)c(C)ccc3nc2c1F.Cc1ccc2nc3cc(C)ccc3nc2c1. The van der Waals surface area contributed by atoms with Crippen molar-refractivity contribution in [3.05, 3.63) is 328 Å². The van der Waals surface area contributed by atoms with Crippen molar-refractivity contribution < 1.29 is 79.0 Å². The van der Waals surface area contributed by atoms with E-state index in [1.165, 1.54) is 89.1 Å². The molecule has 7 aromatic heterocycles. The van der Waals surface area contributed by atoms with Crippen molar-refractivity contribution in [3.63, 3.8) is 0 Å². The number of fused-ring (bicyclic) bond motifs is 14. The van der Waals surface area contributed by atoms with Gasteiger partial charge in [0.25, 0.3) is 0 Å². The molecule has 0 atom stereocenters. The molecule has 0 aliphatic heterocycles. The normalized spacial score (nSPS) is 11.4. The van der Waals surface area contributed by atoms with Crippen molar-refractivity contribution in [1.29, 1.82) is 0 Å². The highest BCUT2D eigenvalue weighted by Crippen LogP contribution is 2.34. The van der Waals surface area contributed by atoms with E-state index >= 15 is 0 Å². The van der Waals surface area contributed by atoms with Gasteiger partial charge in [-0.2, -0.15) is 0 Å². The minimum absolute atomic E-state index is 0.0175. The monoisotopic (exact) mass is 1780 g/mol. The van der Waals surface area contributed by atoms with Gasteiger partial charge in [-0.25, -0.2) is 149 Å². The fourth-order valence-corrected chi connectivity index (χ4v) is 14.0. The Balaban J connectivity index is 0.000000116. The second-order valence-electron chi connectivity index (χ2n) is 31.2. The number of hydrogen-bond acceptors (Lipinski definition) is 14. The van der Waals surface area contributed by atoms with Gasteiger partial charge < -0.3 is 0 Å². The molecule has 0 amide bonds. The zero-order chi connectivity index (χ0) is 93.5. The van der Waals surface area contributed by atoms with Gasteiger partial charge in [-0.1, -0.05) is 24.3 Å². The highest BCUT2D eigenvalue weighted by molar-refractivity contribution is 5.94. The third kappa shape index (κ3) is 17.5. The van der Waals surface area contributed by atoms with Crippen LogP contribution in [0.2, 0.25) is 0 Å². The standard InChI is InChI=1S/3C14H8F4N2.3C14H10F2N2.C14H12N2/c1-5-7(15)3-9-13(11(5)17)19-10-4-8(16)6(2)12(18)14(10)20-9;1-5-3-7-13(11(17)9(5)15)20-8-4-6(2)10(16)12(18)14(8)19-7;1-5-3-7(15)11-13(9(5)17)19-12-8(16)4-6(2)10(18)14(12)20-11;1-7-3-11-13(5-9(7)15)18-12-4-8(2)10(16)6-14(12)17-11;1-7-3-9(15)13-11(5-7)17-14-10(16)4-8(2)6-12(14)18-13;1-7-3-5-9-13(11(7)15)17-10-6-4-8(2)12(16)14(10)18-9;1-9-3-5-11-13(7-9)15-12-6-4-10(2)8-14(12)16-11/h3*3-4H,1-2H3;3*3-6H,1-2H3;3-8H,1-2H3. The van der Waals surface area contributed by atoms with Crippen LogP contribution in [0.15, 0.2) is 146 Å². The zero-order valence-corrected chi connectivity index (χ0v) is 70.9. The van der Waals surface area contributed by atoms with E-state index in [2.05, 4.69) is 108 Å². The largest absolute Gasteiger partial charge is 0.244 e. The second kappa shape index (κ2) is 35.3. The first-order valence-electron chi connectivity index (χ1n) is 39.5. The van der Waals surface area contributed by atoms with E-state index < -0.39 is 115 Å². The molecule has 0 unspecified atom stereocenters. The Hall–Kier alpha value is -15.0. The Morgan fingerprint density at radius 2 is 0.377 bits per heavy atom. The summed E-state index contributed by atoms with van der Waals surface area (Å²) in [6.45, 7) is 22.3. The van der Waals surface area contributed by atoms with Crippen molar-refractivity contribution in [3.8, 4) is 0 Å². The molecule has 0 N–H and O–H groups in total. The number of hydrogen-bond donors (Lipinski definition) is 0. The average molecular weight is 1780 g/mol. The van der Waals surface area contributed by atoms with Gasteiger partial charge >= 0.3 is 0 Å². The van der Waals surface area contributed by atoms with Crippen molar-refractivity contribution >= 4 is 154 Å². The second-order valence-corrected chi connectivity index (χ2v) is 31.2. The summed E-state index contributed by atoms with van der Waals surface area (Å²) in [6.07, 6.45) is 0. The Bertz CT molecular complexity index is 7690. The van der Waals surface area contributed by atoms with Crippen molar-refractivity contribution in [2.45, 2.75) is 96.9 Å². The van der Waals surface area contributed by atoms with Crippen LogP contribution in [0.25, 0.3) is 154 Å². The first-order chi connectivity index (χ1) is 61.6. The quantitative estimate of drug-likeness (QED) is 0.103. The maximum atomic E-state index is 13.9. The number of nitrogens with zero attached hydrogens (tertiary/aromatic N) is 14. The molecule has 7 heterocycles. The van der Waals surface area contributed by atoms with Crippen molar-refractivity contribution in [2.75, 3.05) is 0 Å². The van der Waals surface area contributed by atoms with Crippen LogP contribution < -0.4 is 0 Å². The van der Waals surface area contributed by atoms with Crippen LogP contribution in [-0.2, 0) is 0 Å². The lowest BCUT2D eigenvalue weighted by molar-refractivity contribution is 0.507. The van der Waals surface area contributed by atoms with Gasteiger partial charge in [0.15, 0.2) is 81.4 Å². The summed E-state index contributed by atoms with van der Waals surface area (Å²) < 4.78 is 247. The summed E-state index contributed by atoms with van der Waals surface area (Å²) in [6, 6.07) is 37.4. The van der Waals surface area contributed by atoms with Crippen LogP contribution in [0.4, 0.5) is 79.0 Å². The fraction of sp³-hybridized carbons (Fsp3) is 0.143. The molecule has 0 saturated heterocycles. The number of halogens is 18. The van der Waals surface area contributed by atoms with Crippen LogP contribution in [0.5, 0.6) is 0 Å². The summed E-state index contributed by atoms with van der Waals surface area (Å²) >= 11 is 0. The number of aromatic nitrogens is 14. The smallest absolute Gasteiger partial charge is 0.186 e. The van der Waals surface area contributed by atoms with E-state index in [1.807, 2.05) is 12.1 Å². The molecule has 0 spiro atoms. The van der Waals surface area contributed by atoms with E-state index in [-0.39, 0.29) is 111 Å². The highest BCUT2D eigenvalue weighted by atomic mass is 19.2. The van der Waals surface area contributed by atoms with Gasteiger partial charge in [0.1, 0.15) is 89.5 Å². The van der Waals surface area contributed by atoms with Gasteiger partial charge in [0.05, 0.1) is 88.3 Å². The molecule has 130 heavy (non-hydrogen) atoms. The zero-order valence-electron chi connectivity index (χ0n) is 70.9. The summed E-state index contributed by atoms with van der Waals surface area (Å²) in [4.78, 5) is 57.4. The van der Waals surface area contributed by atoms with Crippen LogP contribution in [0.1, 0.15) is 77.9 Å². The topological polar surface area (TPSA) is 180 Å². The third-order valence-corrected chi connectivity index (χ3v) is 21.2. The molecule has 0 bridgehead atoms. The molecule has 21 aromatic rings. The van der Waals surface area contributed by atoms with E-state index in [0.717, 1.165) is 57.5 Å². The molecule has 654 valence electrons. The molecule has 0 saturated carbocycles. The lowest BCUT2D eigenvalue weighted by atomic mass is 10.1. The summed E-state index contributed by atoms with van der Waals surface area (Å²) in [7, 11) is 0. The Labute approximate surface area is 725 Å². The molecule has 14 nitrogen and oxygen atoms in total. The van der Waals surface area contributed by atoms with E-state index in [9.17, 15) is 79.0 Å². The van der Waals surface area contributed by atoms with Crippen molar-refractivity contribution in [2.24, 2.45) is 0 Å². The molecular weight excluding hydrogens is 1720 g/mol. The lowest BCUT2D eigenvalue weighted by Gasteiger charge is -2.07. The van der Waals surface area contributed by atoms with Gasteiger partial charge in [-0.15, -0.1) is 0 Å². The predicted molar refractivity (Wildman–Crippen MR) is 465 cm³/mol. The highest BCUT2D eigenvalue weighted by Gasteiger charge is 2.24. The maximum Gasteiger partial charge on any atom is 0.186 e. The minimum atomic E-state index is -1.14. The number of rotatable bonds is 0. The van der Waals surface area contributed by atoms with E-state index in [1.54, 1.807) is 90.1 Å². The fourth-order valence-electron chi connectivity index (χ4n) is 14.0. The number of benzene rings is 14. The predicted octanol–water partition coefficient (Wildman–Crippen LogP) is 26.3. The maximum absolute atomic E-state index is 13.9. The Morgan fingerprint density at radius 1 is 0.131 bits per heavy atom. The van der Waals surface area contributed by atoms with Gasteiger partial charge in [0.2, 0.25) is 0 Å². The first kappa shape index (κ1) is 89.8. The molecule has 32 heteroatoms. The van der Waals surface area contributed by atoms with E-state index in [4.69, 9.17) is 0 Å². The average Bonchev–Trinajstić information content (AvgIpc) is 0.762. The van der Waals surface area contributed by atoms with Crippen LogP contribution in [-0.4, -0.2) is 69.8 Å². The molecule has 0 fully saturated rings. The lowest BCUT2D eigenvalue weighted by Crippen LogP contribution is -2.00. The minimum Gasteiger partial charge on any atom is -0.244 e. The van der Waals surface area contributed by atoms with Crippen molar-refractivity contribution in [1.82, 2.24) is 69.8 Å². The van der Waals surface area contributed by atoms with Crippen LogP contribution in [0.3, 0.4) is 0 Å². The molecule has 0 aliphatic carbocycles. The van der Waals surface area contributed by atoms with Crippen LogP contribution in [0, 0.1) is 202 Å². The molecule has 14 aromatic carbocycles. The molecular formula is C98H66F18N14. The first-order valence-corrected chi connectivity index (χ1v) is 39.5.